The molecule has 0 saturated carbocycles. The number of rotatable bonds is 6. The first-order chi connectivity index (χ1) is 9.19. The minimum atomic E-state index is 0.873. The first kappa shape index (κ1) is 13.6. The average molecular weight is 259 g/mol. The number of methoxy groups -OCH3 is 1. The van der Waals surface area contributed by atoms with E-state index in [1.807, 2.05) is 24.0 Å². The normalized spacial score (nSPS) is 10.7. The molecule has 0 aliphatic heterocycles. The van der Waals surface area contributed by atoms with Gasteiger partial charge in [0.05, 0.1) is 12.8 Å². The van der Waals surface area contributed by atoms with Crippen LogP contribution in [0.15, 0.2) is 30.5 Å². The molecule has 0 aliphatic carbocycles. The average Bonchev–Trinajstić information content (AvgIpc) is 2.81. The van der Waals surface area contributed by atoms with Crippen LogP contribution in [0.2, 0.25) is 0 Å². The van der Waals surface area contributed by atoms with Crippen molar-refractivity contribution in [1.82, 2.24) is 15.1 Å². The van der Waals surface area contributed by atoms with E-state index in [1.54, 1.807) is 7.11 Å². The molecule has 1 heterocycles. The number of nitrogens with one attached hydrogen (secondary N) is 1. The summed E-state index contributed by atoms with van der Waals surface area (Å²) < 4.78 is 7.09. The van der Waals surface area contributed by atoms with Crippen LogP contribution < -0.4 is 10.1 Å². The van der Waals surface area contributed by atoms with E-state index in [-0.39, 0.29) is 0 Å². The minimum Gasteiger partial charge on any atom is -0.496 e. The van der Waals surface area contributed by atoms with Crippen molar-refractivity contribution in [3.05, 3.63) is 47.3 Å². The highest BCUT2D eigenvalue weighted by Crippen LogP contribution is 2.18. The van der Waals surface area contributed by atoms with Crippen molar-refractivity contribution >= 4 is 0 Å². The van der Waals surface area contributed by atoms with E-state index in [1.165, 1.54) is 11.1 Å². The van der Waals surface area contributed by atoms with Gasteiger partial charge in [0, 0.05) is 32.8 Å². The Hall–Kier alpha value is -1.81. The lowest BCUT2D eigenvalue weighted by molar-refractivity contribution is 0.411. The Morgan fingerprint density at radius 2 is 2.16 bits per heavy atom. The van der Waals surface area contributed by atoms with Gasteiger partial charge in [-0.05, 0) is 30.2 Å². The number of benzene rings is 1. The summed E-state index contributed by atoms with van der Waals surface area (Å²) in [5.74, 6) is 0.942. The number of aromatic nitrogens is 2. The number of aryl methyl sites for hydroxylation is 2. The van der Waals surface area contributed by atoms with Gasteiger partial charge in [-0.15, -0.1) is 0 Å². The monoisotopic (exact) mass is 259 g/mol. The molecule has 0 atom stereocenters. The van der Waals surface area contributed by atoms with Crippen molar-refractivity contribution in [2.24, 2.45) is 7.05 Å². The van der Waals surface area contributed by atoms with Crippen molar-refractivity contribution in [3.8, 4) is 5.75 Å². The highest BCUT2D eigenvalue weighted by Gasteiger charge is 2.00. The summed E-state index contributed by atoms with van der Waals surface area (Å²) in [5, 5.41) is 7.79. The van der Waals surface area contributed by atoms with E-state index in [4.69, 9.17) is 4.74 Å². The van der Waals surface area contributed by atoms with Crippen LogP contribution in [0.5, 0.6) is 5.75 Å². The first-order valence-corrected chi connectivity index (χ1v) is 6.52. The maximum Gasteiger partial charge on any atom is 0.121 e. The first-order valence-electron chi connectivity index (χ1n) is 6.52. The lowest BCUT2D eigenvalue weighted by Gasteiger charge is -2.08. The molecular formula is C15H21N3O. The van der Waals surface area contributed by atoms with Crippen molar-refractivity contribution < 1.29 is 4.74 Å². The second-order valence-electron chi connectivity index (χ2n) is 4.71. The van der Waals surface area contributed by atoms with Gasteiger partial charge in [0.15, 0.2) is 0 Å². The molecule has 0 amide bonds. The largest absolute Gasteiger partial charge is 0.496 e. The van der Waals surface area contributed by atoms with E-state index >= 15 is 0 Å². The SMILES string of the molecule is COc1ccc(CNCCc2ccn(C)n2)cc1C. The molecule has 1 N–H and O–H groups in total. The molecule has 0 bridgehead atoms. The Kier molecular flexibility index (Phi) is 4.58. The van der Waals surface area contributed by atoms with E-state index in [0.717, 1.165) is 31.0 Å². The molecule has 0 saturated heterocycles. The second kappa shape index (κ2) is 6.38. The van der Waals surface area contributed by atoms with Crippen LogP contribution in [0.25, 0.3) is 0 Å². The van der Waals surface area contributed by atoms with Gasteiger partial charge in [0.2, 0.25) is 0 Å². The summed E-state index contributed by atoms with van der Waals surface area (Å²) >= 11 is 0. The molecular weight excluding hydrogens is 238 g/mol. The maximum absolute atomic E-state index is 5.25. The summed E-state index contributed by atoms with van der Waals surface area (Å²) in [6.07, 6.45) is 2.93. The predicted molar refractivity (Wildman–Crippen MR) is 76.3 cm³/mol. The second-order valence-corrected chi connectivity index (χ2v) is 4.71. The zero-order valence-corrected chi connectivity index (χ0v) is 11.8. The number of nitrogens with zero attached hydrogens (tertiary/aromatic N) is 2. The van der Waals surface area contributed by atoms with Crippen LogP contribution in [-0.4, -0.2) is 23.4 Å². The van der Waals surface area contributed by atoms with E-state index < -0.39 is 0 Å². The zero-order chi connectivity index (χ0) is 13.7. The molecule has 0 fully saturated rings. The van der Waals surface area contributed by atoms with Gasteiger partial charge >= 0.3 is 0 Å². The lowest BCUT2D eigenvalue weighted by Crippen LogP contribution is -2.17. The molecule has 19 heavy (non-hydrogen) atoms. The predicted octanol–water partition coefficient (Wildman–Crippen LogP) is 2.07. The molecule has 0 unspecified atom stereocenters. The third-order valence-corrected chi connectivity index (χ3v) is 3.12. The fourth-order valence-electron chi connectivity index (χ4n) is 2.10. The molecule has 2 aromatic rings. The molecule has 0 radical (unpaired) electrons. The van der Waals surface area contributed by atoms with Gasteiger partial charge in [-0.25, -0.2) is 0 Å². The van der Waals surface area contributed by atoms with E-state index in [0.29, 0.717) is 0 Å². The van der Waals surface area contributed by atoms with E-state index in [2.05, 4.69) is 35.5 Å². The summed E-state index contributed by atoms with van der Waals surface area (Å²) in [6, 6.07) is 8.33. The van der Waals surface area contributed by atoms with Crippen LogP contribution in [0, 0.1) is 6.92 Å². The lowest BCUT2D eigenvalue weighted by atomic mass is 10.1. The Balaban J connectivity index is 1.78. The molecule has 4 heteroatoms. The number of hydrogen-bond donors (Lipinski definition) is 1. The van der Waals surface area contributed by atoms with Gasteiger partial charge in [-0.1, -0.05) is 12.1 Å². The minimum absolute atomic E-state index is 0.873. The molecule has 4 nitrogen and oxygen atoms in total. The molecule has 0 aliphatic rings. The molecule has 0 spiro atoms. The van der Waals surface area contributed by atoms with Crippen LogP contribution in [-0.2, 0) is 20.0 Å². The van der Waals surface area contributed by atoms with Crippen molar-refractivity contribution in [2.75, 3.05) is 13.7 Å². The molecule has 1 aromatic heterocycles. The fraction of sp³-hybridized carbons (Fsp3) is 0.400. The molecule has 1 aromatic carbocycles. The number of ether oxygens (including phenoxy) is 1. The molecule has 2 rings (SSSR count). The summed E-state index contributed by atoms with van der Waals surface area (Å²) in [6.45, 7) is 3.87. The van der Waals surface area contributed by atoms with Crippen LogP contribution >= 0.6 is 0 Å². The zero-order valence-electron chi connectivity index (χ0n) is 11.8. The standard InChI is InChI=1S/C15H21N3O/c1-12-10-13(4-5-15(12)19-3)11-16-8-6-14-7-9-18(2)17-14/h4-5,7,9-10,16H,6,8,11H2,1-3H3. The smallest absolute Gasteiger partial charge is 0.121 e. The third-order valence-electron chi connectivity index (χ3n) is 3.12. The van der Waals surface area contributed by atoms with Crippen molar-refractivity contribution in [2.45, 2.75) is 19.9 Å². The summed E-state index contributed by atoms with van der Waals surface area (Å²) in [7, 11) is 3.64. The van der Waals surface area contributed by atoms with Crippen LogP contribution in [0.1, 0.15) is 16.8 Å². The van der Waals surface area contributed by atoms with Crippen LogP contribution in [0.4, 0.5) is 0 Å². The maximum atomic E-state index is 5.25. The fourth-order valence-corrected chi connectivity index (χ4v) is 2.10. The summed E-state index contributed by atoms with van der Waals surface area (Å²) in [5.41, 5.74) is 3.58. The number of hydrogen-bond acceptors (Lipinski definition) is 3. The highest BCUT2D eigenvalue weighted by molar-refractivity contribution is 5.36. The van der Waals surface area contributed by atoms with Gasteiger partial charge in [-0.3, -0.25) is 4.68 Å². The topological polar surface area (TPSA) is 39.1 Å². The van der Waals surface area contributed by atoms with Gasteiger partial charge < -0.3 is 10.1 Å². The molecule has 102 valence electrons. The van der Waals surface area contributed by atoms with E-state index in [9.17, 15) is 0 Å². The Bertz CT molecular complexity index is 534. The third kappa shape index (κ3) is 3.83. The Morgan fingerprint density at radius 3 is 2.79 bits per heavy atom. The highest BCUT2D eigenvalue weighted by atomic mass is 16.5. The van der Waals surface area contributed by atoms with Gasteiger partial charge in [0.25, 0.3) is 0 Å². The quantitative estimate of drug-likeness (QED) is 0.807. The van der Waals surface area contributed by atoms with Crippen LogP contribution in [0.3, 0.4) is 0 Å². The van der Waals surface area contributed by atoms with Gasteiger partial charge in [-0.2, -0.15) is 5.10 Å². The van der Waals surface area contributed by atoms with Crippen molar-refractivity contribution in [1.29, 1.82) is 0 Å². The summed E-state index contributed by atoms with van der Waals surface area (Å²) in [4.78, 5) is 0. The Morgan fingerprint density at radius 1 is 1.32 bits per heavy atom. The van der Waals surface area contributed by atoms with Crippen molar-refractivity contribution in [3.63, 3.8) is 0 Å². The van der Waals surface area contributed by atoms with Gasteiger partial charge in [0.1, 0.15) is 5.75 Å². The Labute approximate surface area is 114 Å².